The number of hydrogen-bond donors (Lipinski definition) is 2. The Kier molecular flexibility index (Phi) is 5.95. The highest BCUT2D eigenvalue weighted by Gasteiger charge is 2.41. The number of benzene rings is 1. The Morgan fingerprint density at radius 2 is 2.04 bits per heavy atom. The van der Waals surface area contributed by atoms with E-state index in [1.54, 1.807) is 18.2 Å². The molecule has 2 heterocycles. The molecule has 0 spiro atoms. The first-order valence-electron chi connectivity index (χ1n) is 8.88. The van der Waals surface area contributed by atoms with Gasteiger partial charge in [0.25, 0.3) is 5.91 Å². The van der Waals surface area contributed by atoms with E-state index in [0.29, 0.717) is 29.2 Å². The highest BCUT2D eigenvalue weighted by atomic mass is 32.2. The molecule has 26 heavy (non-hydrogen) atoms. The van der Waals surface area contributed by atoms with Crippen LogP contribution in [0.1, 0.15) is 48.0 Å². The second kappa shape index (κ2) is 8.20. The first-order valence-corrected chi connectivity index (χ1v) is 10.2. The van der Waals surface area contributed by atoms with Gasteiger partial charge < -0.3 is 15.2 Å². The number of fused-ring (bicyclic) bond motifs is 1. The van der Waals surface area contributed by atoms with Crippen molar-refractivity contribution >= 4 is 28.9 Å². The molecule has 0 aliphatic carbocycles. The van der Waals surface area contributed by atoms with Crippen LogP contribution in [-0.4, -0.2) is 45.5 Å². The van der Waals surface area contributed by atoms with Crippen molar-refractivity contribution in [3.63, 3.8) is 0 Å². The zero-order chi connectivity index (χ0) is 18.7. The molecule has 7 nitrogen and oxygen atoms in total. The number of unbranched alkanes of at least 4 members (excludes halogenated alkanes) is 2. The Labute approximate surface area is 155 Å². The monoisotopic (exact) mass is 377 g/mol. The minimum Gasteiger partial charge on any atom is -0.611 e. The third-order valence-corrected chi connectivity index (χ3v) is 6.35. The molecule has 3 rings (SSSR count). The molecule has 2 atom stereocenters. The van der Waals surface area contributed by atoms with E-state index in [-0.39, 0.29) is 24.8 Å². The maximum Gasteiger partial charge on any atom is 0.255 e. The van der Waals surface area contributed by atoms with Crippen molar-refractivity contribution in [3.05, 3.63) is 29.3 Å². The molecule has 1 fully saturated rings. The lowest BCUT2D eigenvalue weighted by molar-refractivity contribution is -0.136. The van der Waals surface area contributed by atoms with Gasteiger partial charge in [0.2, 0.25) is 11.8 Å². The van der Waals surface area contributed by atoms with Crippen molar-refractivity contribution in [1.82, 2.24) is 10.2 Å². The molecule has 2 aliphatic rings. The van der Waals surface area contributed by atoms with Gasteiger partial charge in [0.05, 0.1) is 6.54 Å². The maximum atomic E-state index is 12.7. The van der Waals surface area contributed by atoms with Gasteiger partial charge in [-0.1, -0.05) is 6.07 Å². The summed E-state index contributed by atoms with van der Waals surface area (Å²) in [6.45, 7) is 0.883. The average Bonchev–Trinajstić information content (AvgIpc) is 2.95. The van der Waals surface area contributed by atoms with Crippen LogP contribution in [0.5, 0.6) is 0 Å². The predicted molar refractivity (Wildman–Crippen MR) is 96.7 cm³/mol. The summed E-state index contributed by atoms with van der Waals surface area (Å²) in [7, 11) is 0. The second-order valence-electron chi connectivity index (χ2n) is 6.58. The van der Waals surface area contributed by atoms with E-state index >= 15 is 0 Å². The zero-order valence-corrected chi connectivity index (χ0v) is 15.3. The minimum atomic E-state index is -1.19. The largest absolute Gasteiger partial charge is 0.611 e. The first-order chi connectivity index (χ1) is 12.5. The van der Waals surface area contributed by atoms with Gasteiger partial charge >= 0.3 is 0 Å². The SMILES string of the molecule is NCCCCC[S+]([O-])c1cccc2c1CN(C1CCC(=O)NC1=O)C2=O. The van der Waals surface area contributed by atoms with Gasteiger partial charge in [-0.2, -0.15) is 0 Å². The molecule has 8 heteroatoms. The molecule has 140 valence electrons. The number of nitrogens with zero attached hydrogens (tertiary/aromatic N) is 1. The summed E-state index contributed by atoms with van der Waals surface area (Å²) >= 11 is -1.19. The molecular weight excluding hydrogens is 354 g/mol. The number of nitrogens with one attached hydrogen (secondary N) is 1. The molecule has 1 aromatic carbocycles. The molecule has 0 radical (unpaired) electrons. The summed E-state index contributed by atoms with van der Waals surface area (Å²) in [6.07, 6.45) is 3.20. The number of carbonyl (C=O) groups is 3. The van der Waals surface area contributed by atoms with Crippen LogP contribution in [0.25, 0.3) is 0 Å². The van der Waals surface area contributed by atoms with Crippen molar-refractivity contribution in [2.24, 2.45) is 5.73 Å². The Balaban J connectivity index is 1.75. The molecule has 2 aliphatic heterocycles. The van der Waals surface area contributed by atoms with Gasteiger partial charge in [0, 0.05) is 17.5 Å². The van der Waals surface area contributed by atoms with E-state index in [4.69, 9.17) is 5.73 Å². The van der Waals surface area contributed by atoms with E-state index in [1.165, 1.54) is 4.90 Å². The first kappa shape index (κ1) is 18.9. The number of nitrogens with two attached hydrogens (primary N) is 1. The van der Waals surface area contributed by atoms with E-state index in [1.807, 2.05) is 0 Å². The Bertz CT molecular complexity index is 724. The van der Waals surface area contributed by atoms with Crippen LogP contribution in [0.15, 0.2) is 23.1 Å². The van der Waals surface area contributed by atoms with E-state index < -0.39 is 23.1 Å². The fraction of sp³-hybridized carbons (Fsp3) is 0.500. The quantitative estimate of drug-likeness (QED) is 0.412. The van der Waals surface area contributed by atoms with Crippen LogP contribution < -0.4 is 11.1 Å². The van der Waals surface area contributed by atoms with Gasteiger partial charge in [-0.25, -0.2) is 0 Å². The van der Waals surface area contributed by atoms with Gasteiger partial charge in [-0.15, -0.1) is 0 Å². The highest BCUT2D eigenvalue weighted by Crippen LogP contribution is 2.32. The normalized spacial score (nSPS) is 20.9. The summed E-state index contributed by atoms with van der Waals surface area (Å²) in [5.41, 5.74) is 6.72. The molecule has 2 unspecified atom stereocenters. The molecular formula is C18H23N3O4S. The molecule has 0 aromatic heterocycles. The zero-order valence-electron chi connectivity index (χ0n) is 14.5. The maximum absolute atomic E-state index is 12.7. The number of carbonyl (C=O) groups excluding carboxylic acids is 3. The summed E-state index contributed by atoms with van der Waals surface area (Å²) in [6, 6.07) is 4.58. The van der Waals surface area contributed by atoms with Crippen LogP contribution in [0, 0.1) is 0 Å². The second-order valence-corrected chi connectivity index (χ2v) is 8.12. The van der Waals surface area contributed by atoms with Crippen molar-refractivity contribution < 1.29 is 18.9 Å². The van der Waals surface area contributed by atoms with E-state index in [2.05, 4.69) is 5.32 Å². The highest BCUT2D eigenvalue weighted by molar-refractivity contribution is 7.91. The standard InChI is InChI=1S/C18H23N3O4S/c19-9-2-1-3-10-26(25)15-6-4-5-12-13(15)11-21(18(12)24)14-7-8-16(22)20-17(14)23/h4-6,14H,1-3,7-11,19H2,(H,20,22,23). The number of hydrogen-bond acceptors (Lipinski definition) is 5. The van der Waals surface area contributed by atoms with Gasteiger partial charge in [0.1, 0.15) is 11.8 Å². The Morgan fingerprint density at radius 3 is 2.77 bits per heavy atom. The Hall–Kier alpha value is -1.90. The number of imide groups is 1. The lowest BCUT2D eigenvalue weighted by atomic mass is 10.0. The van der Waals surface area contributed by atoms with Crippen molar-refractivity contribution in [2.45, 2.75) is 49.6 Å². The average molecular weight is 377 g/mol. The fourth-order valence-corrected chi connectivity index (χ4v) is 4.80. The number of rotatable bonds is 7. The minimum absolute atomic E-state index is 0.219. The summed E-state index contributed by atoms with van der Waals surface area (Å²) in [5.74, 6) is -0.457. The fourth-order valence-electron chi connectivity index (χ4n) is 3.43. The van der Waals surface area contributed by atoms with Crippen molar-refractivity contribution in [3.8, 4) is 0 Å². The number of piperidine rings is 1. The summed E-state index contributed by atoms with van der Waals surface area (Å²) < 4.78 is 12.7. The molecule has 3 N–H and O–H groups in total. The van der Waals surface area contributed by atoms with Crippen LogP contribution in [0.3, 0.4) is 0 Å². The van der Waals surface area contributed by atoms with Crippen LogP contribution in [-0.2, 0) is 27.3 Å². The topological polar surface area (TPSA) is 116 Å². The summed E-state index contributed by atoms with van der Waals surface area (Å²) in [5, 5.41) is 2.29. The van der Waals surface area contributed by atoms with Crippen LogP contribution in [0.4, 0.5) is 0 Å². The third kappa shape index (κ3) is 3.77. The van der Waals surface area contributed by atoms with Gasteiger partial charge in [0.15, 0.2) is 4.90 Å². The third-order valence-electron chi connectivity index (χ3n) is 4.82. The smallest absolute Gasteiger partial charge is 0.255 e. The van der Waals surface area contributed by atoms with Gasteiger partial charge in [-0.05, 0) is 55.5 Å². The van der Waals surface area contributed by atoms with E-state index in [0.717, 1.165) is 24.8 Å². The Morgan fingerprint density at radius 1 is 1.23 bits per heavy atom. The molecule has 0 bridgehead atoms. The lowest BCUT2D eigenvalue weighted by Gasteiger charge is -2.29. The van der Waals surface area contributed by atoms with Crippen molar-refractivity contribution in [1.29, 1.82) is 0 Å². The predicted octanol–water partition coefficient (Wildman–Crippen LogP) is 0.684. The molecule has 1 saturated heterocycles. The van der Waals surface area contributed by atoms with Crippen LogP contribution in [0.2, 0.25) is 0 Å². The molecule has 3 amide bonds. The lowest BCUT2D eigenvalue weighted by Crippen LogP contribution is -2.52. The summed E-state index contributed by atoms with van der Waals surface area (Å²) in [4.78, 5) is 38.4. The van der Waals surface area contributed by atoms with Gasteiger partial charge in [-0.3, -0.25) is 19.7 Å². The molecule has 1 aromatic rings. The van der Waals surface area contributed by atoms with Crippen LogP contribution >= 0.6 is 0 Å². The van der Waals surface area contributed by atoms with Crippen molar-refractivity contribution in [2.75, 3.05) is 12.3 Å². The van der Waals surface area contributed by atoms with E-state index in [9.17, 15) is 18.9 Å². The number of amides is 3. The molecule has 0 saturated carbocycles.